The highest BCUT2D eigenvalue weighted by Crippen LogP contribution is 2.20. The van der Waals surface area contributed by atoms with Gasteiger partial charge in [0.2, 0.25) is 5.91 Å². The molecule has 6 heteroatoms. The molecule has 0 saturated heterocycles. The molecule has 0 fully saturated rings. The molecule has 0 aliphatic carbocycles. The minimum Gasteiger partial charge on any atom is -0.487 e. The van der Waals surface area contributed by atoms with Crippen LogP contribution < -0.4 is 15.8 Å². The Morgan fingerprint density at radius 3 is 2.83 bits per heavy atom. The maximum Gasteiger partial charge on any atom is 0.221 e. The normalized spacial score (nSPS) is 11.2. The third-order valence-corrected chi connectivity index (χ3v) is 3.22. The number of hydrogen-bond acceptors (Lipinski definition) is 4. The maximum atomic E-state index is 11.6. The lowest BCUT2D eigenvalue weighted by atomic mass is 10.1. The van der Waals surface area contributed by atoms with Crippen LogP contribution in [0.5, 0.6) is 5.75 Å². The van der Waals surface area contributed by atoms with Crippen LogP contribution in [0.15, 0.2) is 48.7 Å². The topological polar surface area (TPSA) is 77.2 Å². The number of rotatable bonds is 7. The third kappa shape index (κ3) is 6.26. The van der Waals surface area contributed by atoms with Gasteiger partial charge in [0.15, 0.2) is 0 Å². The molecule has 0 saturated carbocycles. The van der Waals surface area contributed by atoms with Gasteiger partial charge in [-0.1, -0.05) is 18.2 Å². The Balaban J connectivity index is 0.00000264. The second-order valence-corrected chi connectivity index (χ2v) is 5.01. The molecule has 2 aromatic rings. The van der Waals surface area contributed by atoms with E-state index in [-0.39, 0.29) is 24.4 Å². The van der Waals surface area contributed by atoms with Gasteiger partial charge in [-0.3, -0.25) is 9.78 Å². The third-order valence-electron chi connectivity index (χ3n) is 3.22. The van der Waals surface area contributed by atoms with Crippen molar-refractivity contribution in [2.75, 3.05) is 6.54 Å². The minimum atomic E-state index is -0.0857. The lowest BCUT2D eigenvalue weighted by Crippen LogP contribution is -2.28. The number of ether oxygens (including phenoxy) is 1. The summed E-state index contributed by atoms with van der Waals surface area (Å²) in [5.74, 6) is 0.706. The predicted molar refractivity (Wildman–Crippen MR) is 92.5 cm³/mol. The summed E-state index contributed by atoms with van der Waals surface area (Å²) in [5.41, 5.74) is 7.24. The van der Waals surface area contributed by atoms with Crippen molar-refractivity contribution in [3.8, 4) is 5.75 Å². The number of nitrogens with zero attached hydrogens (tertiary/aromatic N) is 1. The highest BCUT2D eigenvalue weighted by molar-refractivity contribution is 5.85. The number of aromatic nitrogens is 1. The first kappa shape index (κ1) is 18.9. The summed E-state index contributed by atoms with van der Waals surface area (Å²) in [4.78, 5) is 15.8. The van der Waals surface area contributed by atoms with Crippen molar-refractivity contribution in [1.29, 1.82) is 0 Å². The summed E-state index contributed by atoms with van der Waals surface area (Å²) >= 11 is 0. The van der Waals surface area contributed by atoms with Gasteiger partial charge in [0.1, 0.15) is 12.4 Å². The molecule has 1 aromatic carbocycles. The fraction of sp³-hybridized carbons (Fsp3) is 0.294. The Morgan fingerprint density at radius 2 is 2.13 bits per heavy atom. The molecule has 0 aliphatic rings. The van der Waals surface area contributed by atoms with Gasteiger partial charge in [-0.15, -0.1) is 12.4 Å². The summed E-state index contributed by atoms with van der Waals surface area (Å²) in [7, 11) is 0. The van der Waals surface area contributed by atoms with E-state index in [2.05, 4.69) is 10.3 Å². The Kier molecular flexibility index (Phi) is 8.08. The van der Waals surface area contributed by atoms with Gasteiger partial charge in [0.05, 0.1) is 11.7 Å². The van der Waals surface area contributed by atoms with Crippen LogP contribution in [0.25, 0.3) is 0 Å². The molecule has 124 valence electrons. The Bertz CT molecular complexity index is 608. The van der Waals surface area contributed by atoms with Crippen LogP contribution in [0.2, 0.25) is 0 Å². The maximum absolute atomic E-state index is 11.6. The average Bonchev–Trinajstić information content (AvgIpc) is 2.54. The molecule has 1 heterocycles. The average molecular weight is 336 g/mol. The van der Waals surface area contributed by atoms with Crippen molar-refractivity contribution in [2.45, 2.75) is 26.0 Å². The summed E-state index contributed by atoms with van der Waals surface area (Å²) in [6.07, 6.45) is 2.07. The predicted octanol–water partition coefficient (Wildman–Crippen LogP) is 2.61. The lowest BCUT2D eigenvalue weighted by Gasteiger charge is -2.15. The molecule has 0 spiro atoms. The molecular formula is C17H22ClN3O2. The first-order valence-corrected chi connectivity index (χ1v) is 7.31. The van der Waals surface area contributed by atoms with Gasteiger partial charge in [-0.25, -0.2) is 0 Å². The van der Waals surface area contributed by atoms with Gasteiger partial charge in [-0.05, 0) is 36.8 Å². The van der Waals surface area contributed by atoms with E-state index in [0.29, 0.717) is 19.6 Å². The second kappa shape index (κ2) is 9.82. The number of amides is 1. The summed E-state index contributed by atoms with van der Waals surface area (Å²) < 4.78 is 5.74. The number of nitrogens with one attached hydrogen (secondary N) is 1. The van der Waals surface area contributed by atoms with Gasteiger partial charge < -0.3 is 15.8 Å². The molecule has 3 N–H and O–H groups in total. The second-order valence-electron chi connectivity index (χ2n) is 5.01. The van der Waals surface area contributed by atoms with Crippen molar-refractivity contribution in [3.05, 3.63) is 59.9 Å². The largest absolute Gasteiger partial charge is 0.487 e. The van der Waals surface area contributed by atoms with Crippen LogP contribution in [0.1, 0.15) is 30.6 Å². The number of benzene rings is 1. The Labute approximate surface area is 142 Å². The van der Waals surface area contributed by atoms with Crippen LogP contribution in [-0.4, -0.2) is 17.4 Å². The highest BCUT2D eigenvalue weighted by Gasteiger charge is 2.09. The van der Waals surface area contributed by atoms with Gasteiger partial charge in [-0.2, -0.15) is 0 Å². The van der Waals surface area contributed by atoms with Gasteiger partial charge in [0.25, 0.3) is 0 Å². The van der Waals surface area contributed by atoms with Crippen molar-refractivity contribution in [3.63, 3.8) is 0 Å². The minimum absolute atomic E-state index is 0. The fourth-order valence-corrected chi connectivity index (χ4v) is 2.04. The van der Waals surface area contributed by atoms with E-state index in [9.17, 15) is 4.79 Å². The standard InChI is InChI=1S/C17H21N3O2.ClH/c1-13(20-17(21)8-9-18)14-5-4-7-16(11-14)22-12-15-6-2-3-10-19-15;/h2-7,10-11,13H,8-9,12,18H2,1H3,(H,20,21);1H. The zero-order valence-electron chi connectivity index (χ0n) is 13.1. The zero-order valence-corrected chi connectivity index (χ0v) is 13.9. The smallest absolute Gasteiger partial charge is 0.221 e. The Hall–Kier alpha value is -2.11. The molecular weight excluding hydrogens is 314 g/mol. The lowest BCUT2D eigenvalue weighted by molar-refractivity contribution is -0.121. The summed E-state index contributed by atoms with van der Waals surface area (Å²) in [6, 6.07) is 13.3. The fourth-order valence-electron chi connectivity index (χ4n) is 2.04. The zero-order chi connectivity index (χ0) is 15.8. The SMILES string of the molecule is CC(NC(=O)CCN)c1cccc(OCc2ccccn2)c1.Cl. The van der Waals surface area contributed by atoms with Crippen LogP contribution in [-0.2, 0) is 11.4 Å². The van der Waals surface area contributed by atoms with Gasteiger partial charge in [0, 0.05) is 19.2 Å². The van der Waals surface area contributed by atoms with Crippen LogP contribution in [0, 0.1) is 0 Å². The molecule has 0 bridgehead atoms. The molecule has 1 aromatic heterocycles. The van der Waals surface area contributed by atoms with E-state index < -0.39 is 0 Å². The first-order valence-electron chi connectivity index (χ1n) is 7.31. The number of nitrogens with two attached hydrogens (primary N) is 1. The molecule has 0 aliphatic heterocycles. The van der Waals surface area contributed by atoms with E-state index in [1.807, 2.05) is 49.4 Å². The molecule has 0 radical (unpaired) electrons. The molecule has 1 atom stereocenters. The van der Waals surface area contributed by atoms with Crippen molar-refractivity contribution in [1.82, 2.24) is 10.3 Å². The number of carbonyl (C=O) groups is 1. The van der Waals surface area contributed by atoms with E-state index in [0.717, 1.165) is 17.0 Å². The van der Waals surface area contributed by atoms with Crippen LogP contribution in [0.3, 0.4) is 0 Å². The van der Waals surface area contributed by atoms with Crippen molar-refractivity contribution >= 4 is 18.3 Å². The summed E-state index contributed by atoms with van der Waals surface area (Å²) in [6.45, 7) is 2.70. The molecule has 23 heavy (non-hydrogen) atoms. The van der Waals surface area contributed by atoms with E-state index in [1.54, 1.807) is 6.20 Å². The van der Waals surface area contributed by atoms with Crippen LogP contribution >= 0.6 is 12.4 Å². The number of hydrogen-bond donors (Lipinski definition) is 2. The molecule has 1 amide bonds. The van der Waals surface area contributed by atoms with Crippen molar-refractivity contribution in [2.24, 2.45) is 5.73 Å². The van der Waals surface area contributed by atoms with E-state index >= 15 is 0 Å². The van der Waals surface area contributed by atoms with Crippen molar-refractivity contribution < 1.29 is 9.53 Å². The highest BCUT2D eigenvalue weighted by atomic mass is 35.5. The quantitative estimate of drug-likeness (QED) is 0.815. The van der Waals surface area contributed by atoms with Gasteiger partial charge >= 0.3 is 0 Å². The molecule has 1 unspecified atom stereocenters. The first-order chi connectivity index (χ1) is 10.7. The monoisotopic (exact) mass is 335 g/mol. The van der Waals surface area contributed by atoms with E-state index in [1.165, 1.54) is 0 Å². The Morgan fingerprint density at radius 1 is 1.30 bits per heavy atom. The van der Waals surface area contributed by atoms with Crippen LogP contribution in [0.4, 0.5) is 0 Å². The molecule has 5 nitrogen and oxygen atoms in total. The van der Waals surface area contributed by atoms with E-state index in [4.69, 9.17) is 10.5 Å². The summed E-state index contributed by atoms with van der Waals surface area (Å²) in [5, 5.41) is 2.91. The number of halogens is 1. The number of carbonyl (C=O) groups excluding carboxylic acids is 1. The number of pyridine rings is 1. The molecule has 2 rings (SSSR count).